The Labute approximate surface area is 197 Å². The van der Waals surface area contributed by atoms with Crippen molar-refractivity contribution in [1.82, 2.24) is 15.2 Å². The first-order valence-corrected chi connectivity index (χ1v) is 12.0. The number of carbonyl (C=O) groups excluding carboxylic acids is 2. The van der Waals surface area contributed by atoms with Crippen LogP contribution >= 0.6 is 11.3 Å². The summed E-state index contributed by atoms with van der Waals surface area (Å²) in [5, 5.41) is 8.56. The zero-order valence-corrected chi connectivity index (χ0v) is 19.2. The van der Waals surface area contributed by atoms with Crippen LogP contribution in [0.15, 0.2) is 66.0 Å². The molecule has 1 fully saturated rings. The van der Waals surface area contributed by atoms with E-state index < -0.39 is 0 Å². The topological polar surface area (TPSA) is 83.6 Å². The fraction of sp³-hybridized carbons (Fsp3) is 0.320. The molecule has 0 aliphatic carbocycles. The largest absolute Gasteiger partial charge is 0.376 e. The van der Waals surface area contributed by atoms with Gasteiger partial charge < -0.3 is 20.3 Å². The Balaban J connectivity index is 1.39. The van der Waals surface area contributed by atoms with Crippen LogP contribution < -0.4 is 10.6 Å². The molecule has 3 aromatic rings. The number of anilines is 2. The molecule has 1 atom stereocenters. The number of thiazole rings is 1. The average Bonchev–Trinajstić information content (AvgIpc) is 3.54. The molecule has 0 radical (unpaired) electrons. The molecule has 0 spiro atoms. The van der Waals surface area contributed by atoms with E-state index in [-0.39, 0.29) is 24.3 Å². The third kappa shape index (κ3) is 6.87. The zero-order chi connectivity index (χ0) is 22.9. The summed E-state index contributed by atoms with van der Waals surface area (Å²) < 4.78 is 5.56. The lowest BCUT2D eigenvalue weighted by Gasteiger charge is -2.22. The highest BCUT2D eigenvalue weighted by Gasteiger charge is 2.21. The van der Waals surface area contributed by atoms with Gasteiger partial charge in [-0.1, -0.05) is 48.5 Å². The van der Waals surface area contributed by atoms with Gasteiger partial charge in [0.15, 0.2) is 5.13 Å². The van der Waals surface area contributed by atoms with Gasteiger partial charge in [0.2, 0.25) is 5.91 Å². The van der Waals surface area contributed by atoms with Gasteiger partial charge in [-0.15, -0.1) is 11.3 Å². The lowest BCUT2D eigenvalue weighted by atomic mass is 10.2. The third-order valence-electron chi connectivity index (χ3n) is 5.41. The van der Waals surface area contributed by atoms with Crippen LogP contribution in [0.25, 0.3) is 0 Å². The number of aromatic nitrogens is 1. The number of carbonyl (C=O) groups is 2. The molecule has 0 unspecified atom stereocenters. The average molecular weight is 465 g/mol. The number of hydrogen-bond donors (Lipinski definition) is 2. The van der Waals surface area contributed by atoms with Crippen LogP contribution in [0.1, 0.15) is 35.3 Å². The second-order valence-electron chi connectivity index (χ2n) is 7.93. The minimum absolute atomic E-state index is 0.0823. The Morgan fingerprint density at radius 2 is 1.85 bits per heavy atom. The van der Waals surface area contributed by atoms with Gasteiger partial charge in [0.25, 0.3) is 5.91 Å². The zero-order valence-electron chi connectivity index (χ0n) is 18.4. The normalized spacial score (nSPS) is 15.2. The predicted molar refractivity (Wildman–Crippen MR) is 130 cm³/mol. The molecular weight excluding hydrogens is 436 g/mol. The Morgan fingerprint density at radius 3 is 2.58 bits per heavy atom. The van der Waals surface area contributed by atoms with Gasteiger partial charge in [0.05, 0.1) is 6.10 Å². The molecule has 172 valence electrons. The lowest BCUT2D eigenvalue weighted by Crippen LogP contribution is -2.37. The fourth-order valence-corrected chi connectivity index (χ4v) is 4.36. The van der Waals surface area contributed by atoms with Gasteiger partial charge in [-0.3, -0.25) is 9.59 Å². The number of rotatable bonds is 10. The molecule has 8 heteroatoms. The maximum Gasteiger partial charge on any atom is 0.273 e. The Morgan fingerprint density at radius 1 is 1.09 bits per heavy atom. The van der Waals surface area contributed by atoms with Crippen LogP contribution in [0.5, 0.6) is 0 Å². The monoisotopic (exact) mass is 464 g/mol. The standard InChI is InChI=1S/C25H28N4O3S/c30-23(26-16-21-12-7-15-32-21)13-14-29(17-19-8-3-1-4-9-19)24(31)22-18-33-25(28-22)27-20-10-5-2-6-11-20/h1-6,8-11,18,21H,7,12-17H2,(H,26,30)(H,27,28)/t21-/m1/s1. The smallest absolute Gasteiger partial charge is 0.273 e. The number of hydrogen-bond acceptors (Lipinski definition) is 6. The van der Waals surface area contributed by atoms with Crippen LogP contribution in [0, 0.1) is 0 Å². The molecule has 7 nitrogen and oxygen atoms in total. The molecule has 1 aromatic heterocycles. The molecule has 1 aliphatic heterocycles. The van der Waals surface area contributed by atoms with Gasteiger partial charge in [0, 0.05) is 43.7 Å². The van der Waals surface area contributed by atoms with Gasteiger partial charge in [-0.2, -0.15) is 0 Å². The van der Waals surface area contributed by atoms with Crippen molar-refractivity contribution in [3.63, 3.8) is 0 Å². The van der Waals surface area contributed by atoms with Crippen molar-refractivity contribution < 1.29 is 14.3 Å². The maximum absolute atomic E-state index is 13.3. The maximum atomic E-state index is 13.3. The summed E-state index contributed by atoms with van der Waals surface area (Å²) in [5.41, 5.74) is 2.28. The molecular formula is C25H28N4O3S. The second kappa shape index (κ2) is 11.6. The number of nitrogens with one attached hydrogen (secondary N) is 2. The van der Waals surface area contributed by atoms with Crippen LogP contribution in [0.2, 0.25) is 0 Å². The summed E-state index contributed by atoms with van der Waals surface area (Å²) in [6.45, 7) is 2.00. The number of benzene rings is 2. The van der Waals surface area contributed by atoms with Crippen LogP contribution in [-0.2, 0) is 16.1 Å². The molecule has 2 amide bonds. The summed E-state index contributed by atoms with van der Waals surface area (Å²) in [6.07, 6.45) is 2.34. The highest BCUT2D eigenvalue weighted by molar-refractivity contribution is 7.14. The van der Waals surface area contributed by atoms with E-state index in [1.54, 1.807) is 10.3 Å². The fourth-order valence-electron chi connectivity index (χ4n) is 3.65. The minimum atomic E-state index is -0.192. The first-order chi connectivity index (χ1) is 16.2. The van der Waals surface area contributed by atoms with Gasteiger partial charge >= 0.3 is 0 Å². The van der Waals surface area contributed by atoms with Crippen LogP contribution in [-0.4, -0.2) is 47.5 Å². The van der Waals surface area contributed by atoms with Gasteiger partial charge in [-0.25, -0.2) is 4.98 Å². The number of ether oxygens (including phenoxy) is 1. The molecule has 2 N–H and O–H groups in total. The van der Waals surface area contributed by atoms with Gasteiger partial charge in [0.1, 0.15) is 5.69 Å². The summed E-state index contributed by atoms with van der Waals surface area (Å²) >= 11 is 1.38. The first kappa shape index (κ1) is 22.9. The molecule has 2 aromatic carbocycles. The van der Waals surface area contributed by atoms with E-state index >= 15 is 0 Å². The van der Waals surface area contributed by atoms with Crippen molar-refractivity contribution >= 4 is 34.0 Å². The summed E-state index contributed by atoms with van der Waals surface area (Å²) in [4.78, 5) is 31.8. The summed E-state index contributed by atoms with van der Waals surface area (Å²) in [6, 6.07) is 19.5. The summed E-state index contributed by atoms with van der Waals surface area (Å²) in [5.74, 6) is -0.274. The molecule has 4 rings (SSSR count). The minimum Gasteiger partial charge on any atom is -0.376 e. The molecule has 0 bridgehead atoms. The van der Waals surface area contributed by atoms with E-state index in [2.05, 4.69) is 15.6 Å². The SMILES string of the molecule is O=C(CCN(Cc1ccccc1)C(=O)c1csc(Nc2ccccc2)n1)NC[C@H]1CCCO1. The molecule has 33 heavy (non-hydrogen) atoms. The Kier molecular flexibility index (Phi) is 8.05. The van der Waals surface area contributed by atoms with E-state index in [1.165, 1.54) is 11.3 Å². The van der Waals surface area contributed by atoms with Crippen molar-refractivity contribution in [3.05, 3.63) is 77.3 Å². The van der Waals surface area contributed by atoms with Crippen LogP contribution in [0.4, 0.5) is 10.8 Å². The molecule has 1 aliphatic rings. The van der Waals surface area contributed by atoms with Crippen molar-refractivity contribution in [1.29, 1.82) is 0 Å². The molecule has 1 saturated heterocycles. The van der Waals surface area contributed by atoms with E-state index in [1.807, 2.05) is 60.7 Å². The quantitative estimate of drug-likeness (QED) is 0.470. The van der Waals surface area contributed by atoms with Crippen LogP contribution in [0.3, 0.4) is 0 Å². The Bertz CT molecular complexity index is 1040. The van der Waals surface area contributed by atoms with E-state index in [0.717, 1.165) is 30.7 Å². The number of amides is 2. The predicted octanol–water partition coefficient (Wildman–Crippen LogP) is 4.21. The van der Waals surface area contributed by atoms with E-state index in [4.69, 9.17) is 4.74 Å². The third-order valence-corrected chi connectivity index (χ3v) is 6.17. The number of nitrogens with zero attached hydrogens (tertiary/aromatic N) is 2. The molecule has 2 heterocycles. The van der Waals surface area contributed by atoms with Gasteiger partial charge in [-0.05, 0) is 30.5 Å². The van der Waals surface area contributed by atoms with Crippen molar-refractivity contribution in [2.75, 3.05) is 25.0 Å². The first-order valence-electron chi connectivity index (χ1n) is 11.2. The second-order valence-corrected chi connectivity index (χ2v) is 8.79. The Hall–Kier alpha value is -3.23. The number of para-hydroxylation sites is 1. The highest BCUT2D eigenvalue weighted by Crippen LogP contribution is 2.22. The van der Waals surface area contributed by atoms with E-state index in [0.29, 0.717) is 30.5 Å². The van der Waals surface area contributed by atoms with Crippen molar-refractivity contribution in [2.24, 2.45) is 0 Å². The lowest BCUT2D eigenvalue weighted by molar-refractivity contribution is -0.121. The summed E-state index contributed by atoms with van der Waals surface area (Å²) in [7, 11) is 0. The highest BCUT2D eigenvalue weighted by atomic mass is 32.1. The van der Waals surface area contributed by atoms with E-state index in [9.17, 15) is 9.59 Å². The molecule has 0 saturated carbocycles. The van der Waals surface area contributed by atoms with Crippen molar-refractivity contribution in [3.8, 4) is 0 Å². The van der Waals surface area contributed by atoms with Crippen molar-refractivity contribution in [2.45, 2.75) is 31.9 Å².